The van der Waals surface area contributed by atoms with E-state index in [1.807, 2.05) is 0 Å². The Bertz CT molecular complexity index is 688. The van der Waals surface area contributed by atoms with Crippen LogP contribution in [-0.4, -0.2) is 16.1 Å². The quantitative estimate of drug-likeness (QED) is 0.858. The van der Waals surface area contributed by atoms with E-state index in [0.29, 0.717) is 21.9 Å². The number of pyridine rings is 1. The summed E-state index contributed by atoms with van der Waals surface area (Å²) in [4.78, 5) is 14.2. The lowest BCUT2D eigenvalue weighted by molar-refractivity contribution is -0.131. The third-order valence-corrected chi connectivity index (χ3v) is 2.83. The fourth-order valence-electron chi connectivity index (χ4n) is 1.60. The van der Waals surface area contributed by atoms with Gasteiger partial charge in [0.1, 0.15) is 18.2 Å². The van der Waals surface area contributed by atoms with Gasteiger partial charge in [-0.05, 0) is 29.8 Å². The molecule has 108 valence electrons. The van der Waals surface area contributed by atoms with Crippen LogP contribution in [0.2, 0.25) is 5.02 Å². The molecule has 0 aliphatic rings. The van der Waals surface area contributed by atoms with Crippen molar-refractivity contribution in [3.05, 3.63) is 64.7 Å². The Morgan fingerprint density at radius 2 is 2.19 bits per heavy atom. The van der Waals surface area contributed by atoms with E-state index in [-0.39, 0.29) is 6.61 Å². The zero-order chi connectivity index (χ0) is 15.2. The van der Waals surface area contributed by atoms with Crippen LogP contribution in [0.3, 0.4) is 0 Å². The van der Waals surface area contributed by atoms with Crippen molar-refractivity contribution in [1.82, 2.24) is 4.98 Å². The smallest absolute Gasteiger partial charge is 0.328 e. The molecule has 0 unspecified atom stereocenters. The molecule has 0 amide bonds. The molecule has 1 aromatic heterocycles. The van der Waals surface area contributed by atoms with E-state index in [4.69, 9.17) is 21.4 Å². The number of rotatable bonds is 5. The highest BCUT2D eigenvalue weighted by Crippen LogP contribution is 2.26. The number of ether oxygens (including phenoxy) is 1. The number of carboxylic acids is 1. The van der Waals surface area contributed by atoms with Gasteiger partial charge in [0.15, 0.2) is 0 Å². The van der Waals surface area contributed by atoms with Crippen LogP contribution in [0.4, 0.5) is 4.39 Å². The maximum atomic E-state index is 13.0. The summed E-state index contributed by atoms with van der Waals surface area (Å²) in [6.07, 6.45) is 5.06. The Kier molecular flexibility index (Phi) is 4.90. The number of nitrogens with zero attached hydrogens (tertiary/aromatic N) is 1. The minimum absolute atomic E-state index is 0.134. The first-order chi connectivity index (χ1) is 10.0. The van der Waals surface area contributed by atoms with E-state index in [0.717, 1.165) is 12.3 Å². The Morgan fingerprint density at radius 3 is 2.86 bits per heavy atom. The summed E-state index contributed by atoms with van der Waals surface area (Å²) in [5, 5.41) is 8.89. The molecule has 4 nitrogen and oxygen atoms in total. The van der Waals surface area contributed by atoms with E-state index >= 15 is 0 Å². The Balaban J connectivity index is 2.06. The molecule has 0 saturated carbocycles. The van der Waals surface area contributed by atoms with Gasteiger partial charge < -0.3 is 9.84 Å². The van der Waals surface area contributed by atoms with E-state index in [1.54, 1.807) is 18.2 Å². The molecule has 0 aliphatic heterocycles. The number of aliphatic carboxylic acids is 1. The number of hydrogen-bond acceptors (Lipinski definition) is 3. The van der Waals surface area contributed by atoms with Crippen molar-refractivity contribution in [1.29, 1.82) is 0 Å². The van der Waals surface area contributed by atoms with Crippen molar-refractivity contribution >= 4 is 23.6 Å². The number of hydrogen-bond donors (Lipinski definition) is 1. The van der Waals surface area contributed by atoms with Crippen molar-refractivity contribution in [2.75, 3.05) is 0 Å². The van der Waals surface area contributed by atoms with Gasteiger partial charge in [-0.1, -0.05) is 17.7 Å². The van der Waals surface area contributed by atoms with Crippen LogP contribution in [0.25, 0.3) is 6.08 Å². The molecule has 2 aromatic rings. The summed E-state index contributed by atoms with van der Waals surface area (Å²) < 4.78 is 18.5. The second-order valence-corrected chi connectivity index (χ2v) is 4.57. The zero-order valence-electron chi connectivity index (χ0n) is 10.8. The van der Waals surface area contributed by atoms with Gasteiger partial charge in [-0.2, -0.15) is 0 Å². The van der Waals surface area contributed by atoms with E-state index in [9.17, 15) is 9.18 Å². The first-order valence-corrected chi connectivity index (χ1v) is 6.35. The highest BCUT2D eigenvalue weighted by atomic mass is 35.5. The van der Waals surface area contributed by atoms with Crippen molar-refractivity contribution < 1.29 is 19.0 Å². The Hall–Kier alpha value is -2.40. The standard InChI is InChI=1S/C15H11ClFNO3/c16-13-6-10(2-4-15(19)20)1-3-14(13)21-9-11-5-12(17)8-18-7-11/h1-8H,9H2,(H,19,20)/b4-2+. The van der Waals surface area contributed by atoms with Gasteiger partial charge in [-0.15, -0.1) is 0 Å². The van der Waals surface area contributed by atoms with Crippen molar-refractivity contribution in [2.24, 2.45) is 0 Å². The number of carboxylic acid groups (broad SMARTS) is 1. The van der Waals surface area contributed by atoms with E-state index in [1.165, 1.54) is 18.3 Å². The van der Waals surface area contributed by atoms with Gasteiger partial charge >= 0.3 is 5.97 Å². The van der Waals surface area contributed by atoms with Gasteiger partial charge in [-0.3, -0.25) is 4.98 Å². The van der Waals surface area contributed by atoms with Crippen LogP contribution < -0.4 is 4.74 Å². The number of benzene rings is 1. The summed E-state index contributed by atoms with van der Waals surface area (Å²) in [6, 6.07) is 6.20. The molecule has 0 bridgehead atoms. The second kappa shape index (κ2) is 6.85. The van der Waals surface area contributed by atoms with Gasteiger partial charge in [0, 0.05) is 17.8 Å². The van der Waals surface area contributed by atoms with Crippen LogP contribution in [-0.2, 0) is 11.4 Å². The van der Waals surface area contributed by atoms with Gasteiger partial charge in [0.25, 0.3) is 0 Å². The molecule has 0 atom stereocenters. The lowest BCUT2D eigenvalue weighted by Gasteiger charge is -2.08. The average molecular weight is 308 g/mol. The van der Waals surface area contributed by atoms with E-state index < -0.39 is 11.8 Å². The lowest BCUT2D eigenvalue weighted by Crippen LogP contribution is -1.97. The first kappa shape index (κ1) is 15.0. The normalized spacial score (nSPS) is 10.8. The summed E-state index contributed by atoms with van der Waals surface area (Å²) in [6.45, 7) is 0.134. The first-order valence-electron chi connectivity index (χ1n) is 5.97. The van der Waals surface area contributed by atoms with Crippen LogP contribution in [0.1, 0.15) is 11.1 Å². The fraction of sp³-hybridized carbons (Fsp3) is 0.0667. The highest BCUT2D eigenvalue weighted by molar-refractivity contribution is 6.32. The molecule has 1 aromatic carbocycles. The third-order valence-electron chi connectivity index (χ3n) is 2.53. The maximum Gasteiger partial charge on any atom is 0.328 e. The second-order valence-electron chi connectivity index (χ2n) is 4.16. The van der Waals surface area contributed by atoms with Gasteiger partial charge in [0.05, 0.1) is 11.2 Å². The molecule has 1 N–H and O–H groups in total. The van der Waals surface area contributed by atoms with Crippen molar-refractivity contribution in [3.8, 4) is 5.75 Å². The Labute approximate surface area is 125 Å². The monoisotopic (exact) mass is 307 g/mol. The molecule has 0 saturated heterocycles. The molecule has 0 radical (unpaired) electrons. The predicted octanol–water partition coefficient (Wildman–Crippen LogP) is 3.55. The molecule has 6 heteroatoms. The molecule has 2 rings (SSSR count). The average Bonchev–Trinajstić information content (AvgIpc) is 2.44. The minimum Gasteiger partial charge on any atom is -0.487 e. The summed E-state index contributed by atoms with van der Waals surface area (Å²) in [5.74, 6) is -1.05. The van der Waals surface area contributed by atoms with Crippen molar-refractivity contribution in [3.63, 3.8) is 0 Å². The van der Waals surface area contributed by atoms with Crippen LogP contribution in [0, 0.1) is 5.82 Å². The molecule has 1 heterocycles. The fourth-order valence-corrected chi connectivity index (χ4v) is 1.84. The summed E-state index contributed by atoms with van der Waals surface area (Å²) >= 11 is 6.05. The maximum absolute atomic E-state index is 13.0. The van der Waals surface area contributed by atoms with Crippen molar-refractivity contribution in [2.45, 2.75) is 6.61 Å². The summed E-state index contributed by atoms with van der Waals surface area (Å²) in [5.41, 5.74) is 1.23. The van der Waals surface area contributed by atoms with Crippen LogP contribution in [0.15, 0.2) is 42.7 Å². The van der Waals surface area contributed by atoms with Gasteiger partial charge in [0.2, 0.25) is 0 Å². The third kappa shape index (κ3) is 4.57. The molecule has 0 spiro atoms. The topological polar surface area (TPSA) is 59.4 Å². The van der Waals surface area contributed by atoms with E-state index in [2.05, 4.69) is 4.98 Å². The minimum atomic E-state index is -1.04. The number of halogens is 2. The SMILES string of the molecule is O=C(O)/C=C/c1ccc(OCc2cncc(F)c2)c(Cl)c1. The molecule has 0 aliphatic carbocycles. The number of carbonyl (C=O) groups is 1. The molecule has 0 fully saturated rings. The van der Waals surface area contributed by atoms with Gasteiger partial charge in [-0.25, -0.2) is 9.18 Å². The Morgan fingerprint density at radius 1 is 1.38 bits per heavy atom. The lowest BCUT2D eigenvalue weighted by atomic mass is 10.2. The molecular formula is C15H11ClFNO3. The largest absolute Gasteiger partial charge is 0.487 e. The summed E-state index contributed by atoms with van der Waals surface area (Å²) in [7, 11) is 0. The predicted molar refractivity (Wildman–Crippen MR) is 76.6 cm³/mol. The van der Waals surface area contributed by atoms with Crippen LogP contribution in [0.5, 0.6) is 5.75 Å². The van der Waals surface area contributed by atoms with Crippen LogP contribution >= 0.6 is 11.6 Å². The molecular weight excluding hydrogens is 297 g/mol. The zero-order valence-corrected chi connectivity index (χ0v) is 11.5. The highest BCUT2D eigenvalue weighted by Gasteiger charge is 2.04. The number of aromatic nitrogens is 1. The molecule has 21 heavy (non-hydrogen) atoms.